The van der Waals surface area contributed by atoms with Gasteiger partial charge in [0.1, 0.15) is 11.6 Å². The van der Waals surface area contributed by atoms with E-state index in [0.717, 1.165) is 6.07 Å². The molecule has 3 nitrogen and oxygen atoms in total. The van der Waals surface area contributed by atoms with E-state index >= 15 is 0 Å². The molecule has 0 aliphatic rings. The van der Waals surface area contributed by atoms with E-state index in [0.29, 0.717) is 4.47 Å². The van der Waals surface area contributed by atoms with Gasteiger partial charge in [-0.05, 0) is 56.1 Å². The number of carboxylic acids is 1. The molecule has 0 saturated heterocycles. The molecule has 0 saturated carbocycles. The lowest BCUT2D eigenvalue weighted by atomic mass is 10.2. The minimum atomic E-state index is -1.27. The smallest absolute Gasteiger partial charge is 0.336 e. The Morgan fingerprint density at radius 3 is 2.45 bits per heavy atom. The van der Waals surface area contributed by atoms with E-state index in [1.807, 2.05) is 0 Å². The lowest BCUT2D eigenvalue weighted by molar-refractivity contribution is 0.0695. The van der Waals surface area contributed by atoms with Crippen LogP contribution in [0.2, 0.25) is 0 Å². The third kappa shape index (κ3) is 2.99. The van der Waals surface area contributed by atoms with Crippen LogP contribution in [0.15, 0.2) is 39.3 Å². The van der Waals surface area contributed by atoms with E-state index in [2.05, 4.69) is 31.9 Å². The molecule has 2 aromatic rings. The van der Waals surface area contributed by atoms with Crippen LogP contribution in [-0.2, 0) is 0 Å². The number of carboxylic acid groups (broad SMARTS) is 1. The highest BCUT2D eigenvalue weighted by Crippen LogP contribution is 2.35. The van der Waals surface area contributed by atoms with E-state index in [4.69, 9.17) is 9.84 Å². The average Bonchev–Trinajstić information content (AvgIpc) is 2.39. The normalized spacial score (nSPS) is 10.4. The van der Waals surface area contributed by atoms with Crippen LogP contribution < -0.4 is 4.74 Å². The molecule has 0 heterocycles. The van der Waals surface area contributed by atoms with Gasteiger partial charge in [-0.15, -0.1) is 0 Å². The summed E-state index contributed by atoms with van der Waals surface area (Å²) in [4.78, 5) is 10.8. The van der Waals surface area contributed by atoms with Gasteiger partial charge < -0.3 is 9.84 Å². The van der Waals surface area contributed by atoms with E-state index in [9.17, 15) is 13.6 Å². The maximum atomic E-state index is 14.0. The Bertz CT molecular complexity index is 690. The molecule has 1 N–H and O–H groups in total. The quantitative estimate of drug-likeness (QED) is 0.780. The maximum absolute atomic E-state index is 14.0. The van der Waals surface area contributed by atoms with Gasteiger partial charge in [-0.1, -0.05) is 0 Å². The van der Waals surface area contributed by atoms with E-state index < -0.39 is 17.6 Å². The van der Waals surface area contributed by atoms with Crippen LogP contribution in [0.1, 0.15) is 10.4 Å². The number of halogens is 4. The predicted molar refractivity (Wildman–Crippen MR) is 75.2 cm³/mol. The van der Waals surface area contributed by atoms with Crippen molar-refractivity contribution in [3.63, 3.8) is 0 Å². The zero-order valence-corrected chi connectivity index (χ0v) is 12.8. The predicted octanol–water partition coefficient (Wildman–Crippen LogP) is 4.98. The number of carbonyl (C=O) groups is 1. The van der Waals surface area contributed by atoms with Crippen LogP contribution >= 0.6 is 31.9 Å². The zero-order chi connectivity index (χ0) is 14.9. The summed E-state index contributed by atoms with van der Waals surface area (Å²) >= 11 is 6.01. The van der Waals surface area contributed by atoms with Crippen LogP contribution in [0.4, 0.5) is 8.78 Å². The molecule has 2 aromatic carbocycles. The largest absolute Gasteiger partial charge is 0.478 e. The molecule has 0 fully saturated rings. The van der Waals surface area contributed by atoms with Crippen molar-refractivity contribution in [2.45, 2.75) is 0 Å². The Morgan fingerprint density at radius 2 is 1.80 bits per heavy atom. The van der Waals surface area contributed by atoms with Gasteiger partial charge in [-0.2, -0.15) is 0 Å². The summed E-state index contributed by atoms with van der Waals surface area (Å²) in [7, 11) is 0. The number of hydrogen-bond donors (Lipinski definition) is 1. The number of ether oxygens (including phenoxy) is 1. The lowest BCUT2D eigenvalue weighted by Crippen LogP contribution is -2.01. The highest BCUT2D eigenvalue weighted by atomic mass is 79.9. The second-order valence-electron chi connectivity index (χ2n) is 3.72. The molecule has 2 rings (SSSR count). The van der Waals surface area contributed by atoms with Gasteiger partial charge in [0.15, 0.2) is 11.6 Å². The number of hydrogen-bond acceptors (Lipinski definition) is 2. The van der Waals surface area contributed by atoms with Gasteiger partial charge in [0.2, 0.25) is 0 Å². The van der Waals surface area contributed by atoms with Gasteiger partial charge in [0.25, 0.3) is 0 Å². The number of aromatic carboxylic acids is 1. The van der Waals surface area contributed by atoms with E-state index in [1.54, 1.807) is 0 Å². The average molecular weight is 408 g/mol. The molecule has 0 spiro atoms. The summed E-state index contributed by atoms with van der Waals surface area (Å²) in [5.74, 6) is -2.81. The Hall–Kier alpha value is -1.47. The molecule has 0 radical (unpaired) electrons. The van der Waals surface area contributed by atoms with Crippen molar-refractivity contribution >= 4 is 37.8 Å². The molecular weight excluding hydrogens is 402 g/mol. The van der Waals surface area contributed by atoms with Crippen LogP contribution in [-0.4, -0.2) is 11.1 Å². The lowest BCUT2D eigenvalue weighted by Gasteiger charge is -2.10. The van der Waals surface area contributed by atoms with Crippen molar-refractivity contribution in [2.75, 3.05) is 0 Å². The molecule has 0 aliphatic carbocycles. The van der Waals surface area contributed by atoms with Crippen molar-refractivity contribution in [1.29, 1.82) is 0 Å². The summed E-state index contributed by atoms with van der Waals surface area (Å²) in [6.07, 6.45) is 0. The first-order valence-corrected chi connectivity index (χ1v) is 6.83. The maximum Gasteiger partial charge on any atom is 0.336 e. The minimum Gasteiger partial charge on any atom is -0.478 e. The van der Waals surface area contributed by atoms with Gasteiger partial charge in [-0.3, -0.25) is 0 Å². The Morgan fingerprint density at radius 1 is 1.10 bits per heavy atom. The van der Waals surface area contributed by atoms with Crippen molar-refractivity contribution in [1.82, 2.24) is 0 Å². The Balaban J connectivity index is 2.42. The fourth-order valence-electron chi connectivity index (χ4n) is 1.45. The highest BCUT2D eigenvalue weighted by molar-refractivity contribution is 9.10. The molecule has 0 aromatic heterocycles. The Kier molecular flexibility index (Phi) is 4.39. The number of benzene rings is 2. The number of rotatable bonds is 3. The van der Waals surface area contributed by atoms with E-state index in [-0.39, 0.29) is 21.5 Å². The first kappa shape index (κ1) is 14.9. The topological polar surface area (TPSA) is 46.5 Å². The van der Waals surface area contributed by atoms with Crippen molar-refractivity contribution < 1.29 is 23.4 Å². The molecule has 0 atom stereocenters. The molecule has 0 amide bonds. The molecule has 7 heteroatoms. The van der Waals surface area contributed by atoms with Gasteiger partial charge in [0, 0.05) is 6.07 Å². The summed E-state index contributed by atoms with van der Waals surface area (Å²) in [6, 6.07) is 6.08. The monoisotopic (exact) mass is 406 g/mol. The van der Waals surface area contributed by atoms with Crippen molar-refractivity contribution in [3.05, 3.63) is 56.5 Å². The third-order valence-corrected chi connectivity index (χ3v) is 3.82. The van der Waals surface area contributed by atoms with E-state index in [1.165, 1.54) is 24.3 Å². The standard InChI is InChI=1S/C13H6Br2F2O3/c14-8-3-1-6(16)5-10(8)20-9-4-2-7(13(18)19)11(15)12(9)17/h1-5H,(H,18,19). The van der Waals surface area contributed by atoms with Crippen molar-refractivity contribution in [2.24, 2.45) is 0 Å². The molecule has 0 aliphatic heterocycles. The van der Waals surface area contributed by atoms with Crippen LogP contribution in [0.3, 0.4) is 0 Å². The first-order chi connectivity index (χ1) is 9.40. The van der Waals surface area contributed by atoms with Crippen LogP contribution in [0, 0.1) is 11.6 Å². The summed E-state index contributed by atoms with van der Waals surface area (Å²) in [5.41, 5.74) is -0.229. The SMILES string of the molecule is O=C(O)c1ccc(Oc2cc(F)ccc2Br)c(F)c1Br. The summed E-state index contributed by atoms with van der Waals surface area (Å²) in [6.45, 7) is 0. The molecule has 0 bridgehead atoms. The van der Waals surface area contributed by atoms with Crippen LogP contribution in [0.25, 0.3) is 0 Å². The molecule has 0 unspecified atom stereocenters. The van der Waals surface area contributed by atoms with Crippen LogP contribution in [0.5, 0.6) is 11.5 Å². The Labute approximate surface area is 129 Å². The second-order valence-corrected chi connectivity index (χ2v) is 5.37. The zero-order valence-electron chi connectivity index (χ0n) is 9.66. The molecule has 20 heavy (non-hydrogen) atoms. The van der Waals surface area contributed by atoms with Crippen molar-refractivity contribution in [3.8, 4) is 11.5 Å². The van der Waals surface area contributed by atoms with Gasteiger partial charge in [-0.25, -0.2) is 13.6 Å². The fraction of sp³-hybridized carbons (Fsp3) is 0. The highest BCUT2D eigenvalue weighted by Gasteiger charge is 2.18. The summed E-state index contributed by atoms with van der Waals surface area (Å²) < 4.78 is 32.6. The summed E-state index contributed by atoms with van der Waals surface area (Å²) in [5, 5.41) is 8.86. The minimum absolute atomic E-state index is 0.0823. The second kappa shape index (κ2) is 5.88. The molecule has 104 valence electrons. The van der Waals surface area contributed by atoms with Gasteiger partial charge in [0.05, 0.1) is 14.5 Å². The fourth-order valence-corrected chi connectivity index (χ4v) is 2.27. The first-order valence-electron chi connectivity index (χ1n) is 5.24. The van der Waals surface area contributed by atoms with Gasteiger partial charge >= 0.3 is 5.97 Å². The molecular formula is C13H6Br2F2O3. The third-order valence-electron chi connectivity index (χ3n) is 2.39.